The highest BCUT2D eigenvalue weighted by Crippen LogP contribution is 2.13. The van der Waals surface area contributed by atoms with Gasteiger partial charge >= 0.3 is 0 Å². The molecule has 1 saturated heterocycles. The summed E-state index contributed by atoms with van der Waals surface area (Å²) in [5.41, 5.74) is 1.47. The van der Waals surface area contributed by atoms with Crippen LogP contribution >= 0.6 is 0 Å². The Kier molecular flexibility index (Phi) is 4.41. The van der Waals surface area contributed by atoms with Crippen molar-refractivity contribution in [2.24, 2.45) is 0 Å². The van der Waals surface area contributed by atoms with Crippen molar-refractivity contribution >= 4 is 11.8 Å². The van der Waals surface area contributed by atoms with E-state index in [9.17, 15) is 14.0 Å². The van der Waals surface area contributed by atoms with Crippen molar-refractivity contribution in [2.45, 2.75) is 18.9 Å². The number of likely N-dealkylation sites (tertiary alicyclic amines) is 1. The molecule has 0 aliphatic carbocycles. The number of aromatic nitrogens is 1. The fraction of sp³-hybridized carbons (Fsp3) is 0.294. The Bertz CT molecular complexity index is 682. The van der Waals surface area contributed by atoms with E-state index in [-0.39, 0.29) is 23.7 Å². The number of halogens is 1. The normalized spacial score (nSPS) is 17.5. The number of carbonyl (C=O) groups is 2. The molecular weight excluding hydrogens is 297 g/mol. The maximum Gasteiger partial charge on any atom is 0.267 e. The largest absolute Gasteiger partial charge is 0.357 e. The van der Waals surface area contributed by atoms with Gasteiger partial charge in [0, 0.05) is 25.7 Å². The lowest BCUT2D eigenvalue weighted by atomic mass is 10.1. The minimum absolute atomic E-state index is 0.0314. The number of hydrogen-bond acceptors (Lipinski definition) is 2. The second kappa shape index (κ2) is 6.64. The fourth-order valence-corrected chi connectivity index (χ4v) is 2.73. The Morgan fingerprint density at radius 3 is 2.78 bits per heavy atom. The Labute approximate surface area is 133 Å². The second-order valence-electron chi connectivity index (χ2n) is 5.67. The van der Waals surface area contributed by atoms with Gasteiger partial charge in [-0.05, 0) is 36.2 Å². The molecule has 3 rings (SSSR count). The highest BCUT2D eigenvalue weighted by molar-refractivity contribution is 5.93. The number of rotatable bonds is 5. The van der Waals surface area contributed by atoms with Crippen molar-refractivity contribution in [3.8, 4) is 0 Å². The van der Waals surface area contributed by atoms with Crippen LogP contribution in [0.15, 0.2) is 42.6 Å². The van der Waals surface area contributed by atoms with Crippen LogP contribution in [-0.4, -0.2) is 40.8 Å². The number of hydrogen-bond donors (Lipinski definition) is 2. The minimum atomic E-state index is -0.266. The van der Waals surface area contributed by atoms with Gasteiger partial charge in [0.1, 0.15) is 11.5 Å². The first-order valence-corrected chi connectivity index (χ1v) is 7.58. The molecule has 1 aromatic heterocycles. The van der Waals surface area contributed by atoms with Gasteiger partial charge in [-0.3, -0.25) is 9.59 Å². The van der Waals surface area contributed by atoms with Crippen molar-refractivity contribution < 1.29 is 14.0 Å². The van der Waals surface area contributed by atoms with Gasteiger partial charge in [0.25, 0.3) is 5.91 Å². The SMILES string of the molecule is O=C(NC1CC(=O)N(CCc2ccc(F)cc2)C1)c1ccc[nH]1. The summed E-state index contributed by atoms with van der Waals surface area (Å²) in [5.74, 6) is -0.435. The Morgan fingerprint density at radius 1 is 1.30 bits per heavy atom. The molecule has 2 N–H and O–H groups in total. The van der Waals surface area contributed by atoms with Crippen LogP contribution in [0, 0.1) is 5.82 Å². The van der Waals surface area contributed by atoms with Crippen LogP contribution in [0.5, 0.6) is 0 Å². The summed E-state index contributed by atoms with van der Waals surface area (Å²) in [6, 6.07) is 9.55. The van der Waals surface area contributed by atoms with Crippen LogP contribution in [0.3, 0.4) is 0 Å². The smallest absolute Gasteiger partial charge is 0.267 e. The van der Waals surface area contributed by atoms with Crippen molar-refractivity contribution in [3.05, 3.63) is 59.7 Å². The number of amides is 2. The van der Waals surface area contributed by atoms with Gasteiger partial charge in [-0.15, -0.1) is 0 Å². The van der Waals surface area contributed by atoms with Crippen molar-refractivity contribution in [3.63, 3.8) is 0 Å². The average molecular weight is 315 g/mol. The summed E-state index contributed by atoms with van der Waals surface area (Å²) in [7, 11) is 0. The van der Waals surface area contributed by atoms with E-state index in [4.69, 9.17) is 0 Å². The Morgan fingerprint density at radius 2 is 2.09 bits per heavy atom. The lowest BCUT2D eigenvalue weighted by molar-refractivity contribution is -0.127. The summed E-state index contributed by atoms with van der Waals surface area (Å²) >= 11 is 0. The molecule has 2 heterocycles. The first-order valence-electron chi connectivity index (χ1n) is 7.58. The third-order valence-corrected chi connectivity index (χ3v) is 3.98. The van der Waals surface area contributed by atoms with E-state index >= 15 is 0 Å². The number of carbonyl (C=O) groups excluding carboxylic acids is 2. The molecular formula is C17H18FN3O2. The molecule has 120 valence electrons. The third kappa shape index (κ3) is 3.77. The molecule has 1 aliphatic rings. The molecule has 6 heteroatoms. The lowest BCUT2D eigenvalue weighted by Crippen LogP contribution is -2.37. The van der Waals surface area contributed by atoms with Crippen molar-refractivity contribution in [1.29, 1.82) is 0 Å². The highest BCUT2D eigenvalue weighted by Gasteiger charge is 2.30. The molecule has 1 fully saturated rings. The van der Waals surface area contributed by atoms with Gasteiger partial charge in [0.05, 0.1) is 6.04 Å². The van der Waals surface area contributed by atoms with Crippen molar-refractivity contribution in [1.82, 2.24) is 15.2 Å². The maximum absolute atomic E-state index is 12.9. The van der Waals surface area contributed by atoms with E-state index in [2.05, 4.69) is 10.3 Å². The number of benzene rings is 1. The van der Waals surface area contributed by atoms with E-state index in [0.717, 1.165) is 5.56 Å². The molecule has 1 aliphatic heterocycles. The zero-order valence-corrected chi connectivity index (χ0v) is 12.6. The standard InChI is InChI=1S/C17H18FN3O2/c18-13-5-3-12(4-6-13)7-9-21-11-14(10-16(21)22)20-17(23)15-2-1-8-19-15/h1-6,8,14,19H,7,9-11H2,(H,20,23). The summed E-state index contributed by atoms with van der Waals surface area (Å²) in [5, 5.41) is 2.87. The molecule has 1 unspecified atom stereocenters. The monoisotopic (exact) mass is 315 g/mol. The predicted molar refractivity (Wildman–Crippen MR) is 83.3 cm³/mol. The van der Waals surface area contributed by atoms with Crippen LogP contribution in [-0.2, 0) is 11.2 Å². The van der Waals surface area contributed by atoms with Gasteiger partial charge in [0.15, 0.2) is 0 Å². The number of H-pyrrole nitrogens is 1. The maximum atomic E-state index is 12.9. The molecule has 0 spiro atoms. The summed E-state index contributed by atoms with van der Waals surface area (Å²) in [4.78, 5) is 28.6. The third-order valence-electron chi connectivity index (χ3n) is 3.98. The Balaban J connectivity index is 1.51. The van der Waals surface area contributed by atoms with E-state index < -0.39 is 0 Å². The van der Waals surface area contributed by atoms with E-state index in [1.54, 1.807) is 35.4 Å². The average Bonchev–Trinajstić information content (AvgIpc) is 3.17. The number of aromatic amines is 1. The Hall–Kier alpha value is -2.63. The van der Waals surface area contributed by atoms with Crippen LogP contribution in [0.2, 0.25) is 0 Å². The van der Waals surface area contributed by atoms with Crippen molar-refractivity contribution in [2.75, 3.05) is 13.1 Å². The highest BCUT2D eigenvalue weighted by atomic mass is 19.1. The van der Waals surface area contributed by atoms with E-state index in [0.29, 0.717) is 31.6 Å². The molecule has 0 bridgehead atoms. The minimum Gasteiger partial charge on any atom is -0.357 e. The molecule has 1 atom stereocenters. The molecule has 2 amide bonds. The van der Waals surface area contributed by atoms with E-state index in [1.807, 2.05) is 0 Å². The predicted octanol–water partition coefficient (Wildman–Crippen LogP) is 1.73. The molecule has 5 nitrogen and oxygen atoms in total. The molecule has 23 heavy (non-hydrogen) atoms. The molecule has 0 radical (unpaired) electrons. The lowest BCUT2D eigenvalue weighted by Gasteiger charge is -2.17. The van der Waals surface area contributed by atoms with Gasteiger partial charge < -0.3 is 15.2 Å². The number of nitrogens with one attached hydrogen (secondary N) is 2. The van der Waals surface area contributed by atoms with Gasteiger partial charge in [-0.2, -0.15) is 0 Å². The van der Waals surface area contributed by atoms with Crippen LogP contribution in [0.4, 0.5) is 4.39 Å². The molecule has 0 saturated carbocycles. The second-order valence-corrected chi connectivity index (χ2v) is 5.67. The summed E-state index contributed by atoms with van der Waals surface area (Å²) < 4.78 is 12.9. The first-order chi connectivity index (χ1) is 11.1. The first kappa shape index (κ1) is 15.3. The van der Waals surface area contributed by atoms with Gasteiger partial charge in [0.2, 0.25) is 5.91 Å². The molecule has 1 aromatic carbocycles. The quantitative estimate of drug-likeness (QED) is 0.882. The zero-order valence-electron chi connectivity index (χ0n) is 12.6. The fourth-order valence-electron chi connectivity index (χ4n) is 2.73. The van der Waals surface area contributed by atoms with E-state index in [1.165, 1.54) is 12.1 Å². The van der Waals surface area contributed by atoms with Crippen LogP contribution in [0.1, 0.15) is 22.5 Å². The summed E-state index contributed by atoms with van der Waals surface area (Å²) in [6.07, 6.45) is 2.67. The zero-order chi connectivity index (χ0) is 16.2. The molecule has 2 aromatic rings. The van der Waals surface area contributed by atoms with Crippen LogP contribution < -0.4 is 5.32 Å². The van der Waals surface area contributed by atoms with Crippen LogP contribution in [0.25, 0.3) is 0 Å². The van der Waals surface area contributed by atoms with Gasteiger partial charge in [-0.25, -0.2) is 4.39 Å². The number of nitrogens with zero attached hydrogens (tertiary/aromatic N) is 1. The van der Waals surface area contributed by atoms with Gasteiger partial charge in [-0.1, -0.05) is 12.1 Å². The topological polar surface area (TPSA) is 65.2 Å². The summed E-state index contributed by atoms with van der Waals surface area (Å²) in [6.45, 7) is 1.08.